The molecule has 0 spiro atoms. The Labute approximate surface area is 214 Å². The highest BCUT2D eigenvalue weighted by Gasteiger charge is 2.51. The van der Waals surface area contributed by atoms with Gasteiger partial charge in [-0.15, -0.1) is 0 Å². The summed E-state index contributed by atoms with van der Waals surface area (Å²) in [6, 6.07) is -0.724. The number of rotatable bonds is 8. The van der Waals surface area contributed by atoms with Gasteiger partial charge in [0.1, 0.15) is 25.1 Å². The molecule has 4 rings (SSSR count). The Balaban J connectivity index is 1.68. The summed E-state index contributed by atoms with van der Waals surface area (Å²) in [4.78, 5) is 59.7. The number of hydrogen-bond acceptors (Lipinski definition) is 13. The topological polar surface area (TPSA) is 170 Å². The van der Waals surface area contributed by atoms with Crippen LogP contribution in [0.1, 0.15) is 55.9 Å². The second-order valence-electron chi connectivity index (χ2n) is 8.54. The van der Waals surface area contributed by atoms with E-state index in [9.17, 15) is 19.2 Å². The Morgan fingerprint density at radius 2 is 1.73 bits per heavy atom. The summed E-state index contributed by atoms with van der Waals surface area (Å²) in [7, 11) is 0. The molecular weight excluding hydrogens is 490 g/mol. The van der Waals surface area contributed by atoms with E-state index in [2.05, 4.69) is 20.3 Å². The number of imidazole rings is 1. The number of anilines is 1. The first-order valence-corrected chi connectivity index (χ1v) is 11.5. The number of nitrogens with one attached hydrogen (secondary N) is 1. The van der Waals surface area contributed by atoms with E-state index in [-0.39, 0.29) is 30.0 Å². The molecule has 1 aliphatic carbocycles. The highest BCUT2D eigenvalue weighted by atomic mass is 16.7. The van der Waals surface area contributed by atoms with Crippen molar-refractivity contribution in [1.29, 1.82) is 0 Å². The molecule has 37 heavy (non-hydrogen) atoms. The molecule has 0 aromatic carbocycles. The van der Waals surface area contributed by atoms with Gasteiger partial charge in [0.25, 0.3) is 0 Å². The van der Waals surface area contributed by atoms with Gasteiger partial charge in [-0.25, -0.2) is 15.0 Å². The van der Waals surface area contributed by atoms with Crippen molar-refractivity contribution in [2.75, 3.05) is 11.9 Å². The molecule has 1 saturated carbocycles. The lowest BCUT2D eigenvalue weighted by Crippen LogP contribution is -2.40. The Bertz CT molecular complexity index is 1260. The van der Waals surface area contributed by atoms with Crippen LogP contribution in [0.3, 0.4) is 0 Å². The zero-order valence-corrected chi connectivity index (χ0v) is 20.7. The lowest BCUT2D eigenvalue weighted by molar-refractivity contribution is -0.166. The fourth-order valence-electron chi connectivity index (χ4n) is 4.32. The van der Waals surface area contributed by atoms with Crippen LogP contribution in [0.5, 0.6) is 0 Å². The molecule has 2 aromatic heterocycles. The number of ether oxygens (including phenoxy) is 5. The van der Waals surface area contributed by atoms with Gasteiger partial charge < -0.3 is 29.0 Å². The number of esters is 4. The Kier molecular flexibility index (Phi) is 7.05. The molecule has 0 amide bonds. The van der Waals surface area contributed by atoms with E-state index >= 15 is 0 Å². The molecule has 14 nitrogen and oxygen atoms in total. The smallest absolute Gasteiger partial charge is 0.303 e. The van der Waals surface area contributed by atoms with E-state index in [1.807, 2.05) is 0 Å². The zero-order valence-electron chi connectivity index (χ0n) is 22.7. The average molecular weight is 524 g/mol. The van der Waals surface area contributed by atoms with Crippen LogP contribution in [0.25, 0.3) is 11.2 Å². The molecule has 1 aliphatic heterocycles. The monoisotopic (exact) mass is 523 g/mol. The lowest BCUT2D eigenvalue weighted by atomic mass is 10.1. The molecule has 0 radical (unpaired) electrons. The molecule has 2 aromatic rings. The molecule has 2 aliphatic rings. The summed E-state index contributed by atoms with van der Waals surface area (Å²) in [6.07, 6.45) is -3.87. The second-order valence-corrected chi connectivity index (χ2v) is 8.54. The highest BCUT2D eigenvalue weighted by Crippen LogP contribution is 2.36. The van der Waals surface area contributed by atoms with Crippen LogP contribution < -0.4 is 5.32 Å². The van der Waals surface area contributed by atoms with E-state index in [0.29, 0.717) is 0 Å². The third kappa shape index (κ3) is 5.96. The van der Waals surface area contributed by atoms with Crippen molar-refractivity contribution in [3.05, 3.63) is 12.7 Å². The maximum atomic E-state index is 12.0. The minimum Gasteiger partial charge on any atom is -0.463 e. The Morgan fingerprint density at radius 1 is 1.03 bits per heavy atom. The lowest BCUT2D eigenvalue weighted by Gasteiger charge is -2.24. The molecule has 2 fully saturated rings. The maximum Gasteiger partial charge on any atom is 0.303 e. The van der Waals surface area contributed by atoms with Gasteiger partial charge in [-0.1, -0.05) is 0 Å². The van der Waals surface area contributed by atoms with Crippen LogP contribution in [0.15, 0.2) is 12.7 Å². The van der Waals surface area contributed by atoms with Crippen LogP contribution in [0, 0.1) is 0 Å². The van der Waals surface area contributed by atoms with E-state index < -0.39 is 73.4 Å². The fraction of sp³-hybridized carbons (Fsp3) is 0.609. The summed E-state index contributed by atoms with van der Waals surface area (Å²) < 4.78 is 45.3. The highest BCUT2D eigenvalue weighted by molar-refractivity contribution is 5.83. The van der Waals surface area contributed by atoms with Gasteiger partial charge in [0.2, 0.25) is 0 Å². The first kappa shape index (κ1) is 23.6. The minimum atomic E-state index is -1.14. The van der Waals surface area contributed by atoms with Gasteiger partial charge in [-0.3, -0.25) is 23.7 Å². The first-order chi connectivity index (χ1) is 18.5. The molecule has 1 N–H and O–H groups in total. The van der Waals surface area contributed by atoms with E-state index in [1.165, 1.54) is 44.9 Å². The Morgan fingerprint density at radius 3 is 2.41 bits per heavy atom. The molecule has 14 heteroatoms. The third-order valence-electron chi connectivity index (χ3n) is 5.71. The number of carbonyl (C=O) groups excluding carboxylic acids is 4. The van der Waals surface area contributed by atoms with Crippen molar-refractivity contribution in [3.63, 3.8) is 0 Å². The van der Waals surface area contributed by atoms with E-state index in [0.717, 1.165) is 0 Å². The fourth-order valence-corrected chi connectivity index (χ4v) is 4.32. The van der Waals surface area contributed by atoms with Gasteiger partial charge >= 0.3 is 23.9 Å². The number of aromatic nitrogens is 4. The van der Waals surface area contributed by atoms with Crippen molar-refractivity contribution in [1.82, 2.24) is 19.5 Å². The minimum absolute atomic E-state index is 0.190. The summed E-state index contributed by atoms with van der Waals surface area (Å²) in [5.41, 5.74) is 0.507. The number of nitrogens with zero attached hydrogens (tertiary/aromatic N) is 4. The van der Waals surface area contributed by atoms with Crippen LogP contribution >= 0.6 is 0 Å². The predicted molar refractivity (Wildman–Crippen MR) is 124 cm³/mol. The normalized spacial score (nSPS) is 31.8. The van der Waals surface area contributed by atoms with Gasteiger partial charge in [-0.05, 0) is 19.2 Å². The SMILES string of the molecule is [3H]C1C[C@H](OC(C)=O)[C@@H](Nc2ncnc3c2ncn3[C@@H]2O[C@H](COC(C)=O)[C@@H](OC(C)=O)[C@H]2OC(C)=O)C1[3H]. The first-order valence-electron chi connectivity index (χ1n) is 12.7. The van der Waals surface area contributed by atoms with Crippen molar-refractivity contribution in [2.45, 2.75) is 83.6 Å². The molecule has 3 heterocycles. The van der Waals surface area contributed by atoms with Crippen molar-refractivity contribution < 1.29 is 45.6 Å². The van der Waals surface area contributed by atoms with Crippen LogP contribution in [-0.4, -0.2) is 80.5 Å². The van der Waals surface area contributed by atoms with Crippen molar-refractivity contribution >= 4 is 40.9 Å². The number of carbonyl (C=O) groups is 4. The van der Waals surface area contributed by atoms with Crippen molar-refractivity contribution in [3.8, 4) is 0 Å². The van der Waals surface area contributed by atoms with Crippen LogP contribution in [0.2, 0.25) is 0 Å². The molecule has 1 saturated heterocycles. The van der Waals surface area contributed by atoms with Gasteiger partial charge in [-0.2, -0.15) is 0 Å². The van der Waals surface area contributed by atoms with Gasteiger partial charge in [0, 0.05) is 30.4 Å². The standard InChI is InChI=1S/C23H29N5O9/c1-11(29)33-8-17-19(35-13(3)31)20(36-14(4)32)23(37-17)28-10-26-18-21(24-9-25-22(18)28)27-15-6-5-7-16(15)34-12(2)30/h9-10,15-17,19-20,23H,5-8H2,1-4H3,(H,24,25,27)/t15-,16-,17+,19+,20+,23+/m0/s1/i5T,6T/t5?,6?,15-,16-,17+,19+,20+,23+. The molecule has 2 unspecified atom stereocenters. The maximum absolute atomic E-state index is 12.0. The zero-order chi connectivity index (χ0) is 28.4. The van der Waals surface area contributed by atoms with E-state index in [1.54, 1.807) is 0 Å². The average Bonchev–Trinajstić information content (AvgIpc) is 3.48. The largest absolute Gasteiger partial charge is 0.463 e. The predicted octanol–water partition coefficient (Wildman–Crippen LogP) is 1.05. The van der Waals surface area contributed by atoms with E-state index in [4.69, 9.17) is 26.4 Å². The summed E-state index contributed by atoms with van der Waals surface area (Å²) in [5.74, 6) is -2.20. The van der Waals surface area contributed by atoms with Crippen LogP contribution in [0.4, 0.5) is 5.82 Å². The van der Waals surface area contributed by atoms with Crippen molar-refractivity contribution in [2.24, 2.45) is 0 Å². The van der Waals surface area contributed by atoms with Gasteiger partial charge in [0.15, 0.2) is 35.4 Å². The Hall–Kier alpha value is -3.81. The van der Waals surface area contributed by atoms with Gasteiger partial charge in [0.05, 0.1) is 12.4 Å². The molecule has 0 bridgehead atoms. The van der Waals surface area contributed by atoms with Crippen LogP contribution in [-0.2, 0) is 42.9 Å². The number of hydrogen-bond donors (Lipinski definition) is 1. The second kappa shape index (κ2) is 11.1. The summed E-state index contributed by atoms with van der Waals surface area (Å²) in [6.45, 7) is 4.58. The molecule has 8 atom stereocenters. The number of fused-ring (bicyclic) bond motifs is 1. The third-order valence-corrected chi connectivity index (χ3v) is 5.71. The quantitative estimate of drug-likeness (QED) is 0.385. The summed E-state index contributed by atoms with van der Waals surface area (Å²) in [5, 5.41) is 3.08. The molecule has 200 valence electrons. The molecular formula is C23H29N5O9. The summed E-state index contributed by atoms with van der Waals surface area (Å²) >= 11 is 0.